The van der Waals surface area contributed by atoms with E-state index in [4.69, 9.17) is 0 Å². The number of aliphatic hydroxyl groups excluding tert-OH is 1. The van der Waals surface area contributed by atoms with Gasteiger partial charge in [-0.2, -0.15) is 0 Å². The predicted molar refractivity (Wildman–Crippen MR) is 51.9 cm³/mol. The van der Waals surface area contributed by atoms with E-state index in [1.54, 1.807) is 13.8 Å². The molecule has 4 heteroatoms. The molecule has 0 amide bonds. The van der Waals surface area contributed by atoms with Crippen molar-refractivity contribution >= 4 is 5.71 Å². The van der Waals surface area contributed by atoms with Crippen molar-refractivity contribution in [3.05, 3.63) is 0 Å². The van der Waals surface area contributed by atoms with Crippen LogP contribution in [0.15, 0.2) is 4.99 Å². The fraction of sp³-hybridized carbons (Fsp3) is 0.900. The highest BCUT2D eigenvalue weighted by molar-refractivity contribution is 5.91. The highest BCUT2D eigenvalue weighted by atomic mass is 19.3. The summed E-state index contributed by atoms with van der Waals surface area (Å²) in [6.07, 6.45) is 0.422. The third kappa shape index (κ3) is 2.50. The van der Waals surface area contributed by atoms with Crippen molar-refractivity contribution in [1.29, 1.82) is 0 Å². The summed E-state index contributed by atoms with van der Waals surface area (Å²) >= 11 is 0. The van der Waals surface area contributed by atoms with E-state index in [1.165, 1.54) is 0 Å². The Kier molecular flexibility index (Phi) is 3.24. The summed E-state index contributed by atoms with van der Waals surface area (Å²) in [5.74, 6) is -2.79. The summed E-state index contributed by atoms with van der Waals surface area (Å²) in [5.41, 5.74) is -0.0260. The highest BCUT2D eigenvalue weighted by Gasteiger charge is 2.35. The summed E-state index contributed by atoms with van der Waals surface area (Å²) in [5, 5.41) is 9.38. The maximum Gasteiger partial charge on any atom is 0.282 e. The average Bonchev–Trinajstić information content (AvgIpc) is 2.01. The van der Waals surface area contributed by atoms with Gasteiger partial charge in [-0.3, -0.25) is 4.99 Å². The van der Waals surface area contributed by atoms with Gasteiger partial charge in [-0.1, -0.05) is 0 Å². The number of alkyl halides is 2. The third-order valence-corrected chi connectivity index (χ3v) is 2.82. The van der Waals surface area contributed by atoms with E-state index < -0.39 is 12.0 Å². The van der Waals surface area contributed by atoms with Crippen LogP contribution in [0.1, 0.15) is 33.6 Å². The molecule has 0 radical (unpaired) electrons. The Balaban J connectivity index is 2.76. The Morgan fingerprint density at radius 1 is 1.57 bits per heavy atom. The Bertz CT molecular complexity index is 233. The van der Waals surface area contributed by atoms with Gasteiger partial charge in [0.25, 0.3) is 5.92 Å². The SMILES string of the molecule is CC(O)[C@@H]1CCC(C(C)(F)F)=NC1C. The molecule has 0 aromatic heterocycles. The molecule has 1 rings (SSSR count). The van der Waals surface area contributed by atoms with Crippen molar-refractivity contribution in [2.24, 2.45) is 10.9 Å². The van der Waals surface area contributed by atoms with Crippen LogP contribution in [0.25, 0.3) is 0 Å². The van der Waals surface area contributed by atoms with Crippen molar-refractivity contribution in [3.63, 3.8) is 0 Å². The van der Waals surface area contributed by atoms with E-state index in [1.807, 2.05) is 0 Å². The molecule has 82 valence electrons. The van der Waals surface area contributed by atoms with E-state index in [0.29, 0.717) is 12.8 Å². The number of aliphatic imine (C=N–C) groups is 1. The smallest absolute Gasteiger partial charge is 0.282 e. The van der Waals surface area contributed by atoms with Gasteiger partial charge in [-0.25, -0.2) is 8.78 Å². The minimum atomic E-state index is -2.81. The molecule has 1 aliphatic heterocycles. The monoisotopic (exact) mass is 205 g/mol. The first-order chi connectivity index (χ1) is 6.32. The minimum absolute atomic E-state index is 0.0149. The summed E-state index contributed by atoms with van der Waals surface area (Å²) in [6.45, 7) is 4.34. The summed E-state index contributed by atoms with van der Waals surface area (Å²) < 4.78 is 25.8. The van der Waals surface area contributed by atoms with Crippen LogP contribution >= 0.6 is 0 Å². The Hall–Kier alpha value is -0.510. The highest BCUT2D eigenvalue weighted by Crippen LogP contribution is 2.29. The van der Waals surface area contributed by atoms with Crippen LogP contribution in [0.2, 0.25) is 0 Å². The van der Waals surface area contributed by atoms with Gasteiger partial charge in [-0.15, -0.1) is 0 Å². The molecule has 3 atom stereocenters. The Morgan fingerprint density at radius 2 is 2.14 bits per heavy atom. The third-order valence-electron chi connectivity index (χ3n) is 2.82. The molecule has 0 fully saturated rings. The van der Waals surface area contributed by atoms with Gasteiger partial charge < -0.3 is 5.11 Å². The minimum Gasteiger partial charge on any atom is -0.393 e. The van der Waals surface area contributed by atoms with Crippen molar-refractivity contribution in [2.45, 2.75) is 51.7 Å². The lowest BCUT2D eigenvalue weighted by Crippen LogP contribution is -2.36. The number of hydrogen-bond donors (Lipinski definition) is 1. The van der Waals surface area contributed by atoms with Crippen LogP contribution in [-0.4, -0.2) is 28.9 Å². The topological polar surface area (TPSA) is 32.6 Å². The summed E-state index contributed by atoms with van der Waals surface area (Å²) in [4.78, 5) is 3.96. The molecule has 1 N–H and O–H groups in total. The summed E-state index contributed by atoms with van der Waals surface area (Å²) in [6, 6.07) is -0.204. The fourth-order valence-corrected chi connectivity index (χ4v) is 1.93. The average molecular weight is 205 g/mol. The summed E-state index contributed by atoms with van der Waals surface area (Å²) in [7, 11) is 0. The molecule has 2 nitrogen and oxygen atoms in total. The van der Waals surface area contributed by atoms with Crippen molar-refractivity contribution < 1.29 is 13.9 Å². The molecular weight excluding hydrogens is 188 g/mol. The van der Waals surface area contributed by atoms with E-state index in [-0.39, 0.29) is 17.7 Å². The molecule has 0 aromatic carbocycles. The molecule has 0 saturated carbocycles. The zero-order chi connectivity index (χ0) is 10.9. The normalized spacial score (nSPS) is 31.1. The molecule has 0 aliphatic carbocycles. The molecule has 0 bridgehead atoms. The second-order valence-corrected chi connectivity index (χ2v) is 4.15. The Labute approximate surface area is 83.0 Å². The van der Waals surface area contributed by atoms with Crippen molar-refractivity contribution in [1.82, 2.24) is 0 Å². The quantitative estimate of drug-likeness (QED) is 0.737. The molecule has 0 spiro atoms. The number of nitrogens with zero attached hydrogens (tertiary/aromatic N) is 1. The molecule has 1 aliphatic rings. The van der Waals surface area contributed by atoms with Gasteiger partial charge in [0.15, 0.2) is 0 Å². The largest absolute Gasteiger partial charge is 0.393 e. The van der Waals surface area contributed by atoms with Gasteiger partial charge in [0.2, 0.25) is 0 Å². The van der Waals surface area contributed by atoms with Gasteiger partial charge >= 0.3 is 0 Å². The molecule has 2 unspecified atom stereocenters. The van der Waals surface area contributed by atoms with Crippen molar-refractivity contribution in [3.8, 4) is 0 Å². The van der Waals surface area contributed by atoms with Crippen LogP contribution in [0.4, 0.5) is 8.78 Å². The van der Waals surface area contributed by atoms with Crippen LogP contribution in [0, 0.1) is 5.92 Å². The number of hydrogen-bond acceptors (Lipinski definition) is 2. The van der Waals surface area contributed by atoms with E-state index >= 15 is 0 Å². The van der Waals surface area contributed by atoms with Crippen molar-refractivity contribution in [2.75, 3.05) is 0 Å². The van der Waals surface area contributed by atoms with Gasteiger partial charge in [0.1, 0.15) is 0 Å². The molecule has 1 heterocycles. The second-order valence-electron chi connectivity index (χ2n) is 4.15. The first-order valence-electron chi connectivity index (χ1n) is 4.95. The van der Waals surface area contributed by atoms with Crippen LogP contribution in [0.3, 0.4) is 0 Å². The van der Waals surface area contributed by atoms with E-state index in [2.05, 4.69) is 4.99 Å². The first kappa shape index (κ1) is 11.6. The Morgan fingerprint density at radius 3 is 2.50 bits per heavy atom. The van der Waals surface area contributed by atoms with Gasteiger partial charge in [-0.05, 0) is 26.7 Å². The van der Waals surface area contributed by atoms with E-state index in [9.17, 15) is 13.9 Å². The standard InChI is InChI=1S/C10H17F2NO/c1-6-8(7(2)14)4-5-9(13-6)10(3,11)12/h6-8,14H,4-5H2,1-3H3/t6?,7?,8-/m1/s1. The number of rotatable bonds is 2. The van der Waals surface area contributed by atoms with Crippen LogP contribution in [0.5, 0.6) is 0 Å². The fourth-order valence-electron chi connectivity index (χ4n) is 1.93. The zero-order valence-electron chi connectivity index (χ0n) is 8.80. The maximum absolute atomic E-state index is 12.9. The predicted octanol–water partition coefficient (Wildman–Crippen LogP) is 2.26. The molecular formula is C10H17F2NO. The number of halogens is 2. The second kappa shape index (κ2) is 3.93. The van der Waals surface area contributed by atoms with Crippen LogP contribution < -0.4 is 0 Å². The van der Waals surface area contributed by atoms with Gasteiger partial charge in [0.05, 0.1) is 17.9 Å². The molecule has 0 aromatic rings. The lowest BCUT2D eigenvalue weighted by Gasteiger charge is -2.30. The zero-order valence-corrected chi connectivity index (χ0v) is 8.80. The van der Waals surface area contributed by atoms with Crippen LogP contribution in [-0.2, 0) is 0 Å². The lowest BCUT2D eigenvalue weighted by molar-refractivity contribution is 0.0809. The number of aliphatic hydroxyl groups is 1. The van der Waals surface area contributed by atoms with E-state index in [0.717, 1.165) is 6.92 Å². The molecule has 0 saturated heterocycles. The first-order valence-corrected chi connectivity index (χ1v) is 4.95. The molecule has 14 heavy (non-hydrogen) atoms. The lowest BCUT2D eigenvalue weighted by atomic mass is 9.86. The maximum atomic E-state index is 12.9. The van der Waals surface area contributed by atoms with Gasteiger partial charge in [0, 0.05) is 12.8 Å².